The summed E-state index contributed by atoms with van der Waals surface area (Å²) in [5, 5.41) is 9.58. The molecule has 1 heterocycles. The number of nitrogens with zero attached hydrogens (tertiary/aromatic N) is 2. The van der Waals surface area contributed by atoms with Crippen molar-refractivity contribution in [2.24, 2.45) is 4.99 Å². The summed E-state index contributed by atoms with van der Waals surface area (Å²) in [6.07, 6.45) is 5.13. The molecule has 1 saturated heterocycles. The highest BCUT2D eigenvalue weighted by Gasteiger charge is 2.39. The van der Waals surface area contributed by atoms with Gasteiger partial charge in [0.2, 0.25) is 5.91 Å². The van der Waals surface area contributed by atoms with E-state index in [0.717, 1.165) is 6.54 Å². The van der Waals surface area contributed by atoms with Gasteiger partial charge in [-0.2, -0.15) is 11.8 Å². The lowest BCUT2D eigenvalue weighted by molar-refractivity contribution is -0.121. The molecule has 0 aromatic carbocycles. The summed E-state index contributed by atoms with van der Waals surface area (Å²) in [6.45, 7) is 9.47. The summed E-state index contributed by atoms with van der Waals surface area (Å²) in [4.78, 5) is 19.0. The van der Waals surface area contributed by atoms with E-state index < -0.39 is 0 Å². The van der Waals surface area contributed by atoms with Crippen LogP contribution in [0.25, 0.3) is 0 Å². The first-order valence-electron chi connectivity index (χ1n) is 9.43. The molecule has 2 rings (SSSR count). The number of rotatable bonds is 5. The van der Waals surface area contributed by atoms with Gasteiger partial charge in [-0.05, 0) is 33.6 Å². The molecule has 0 atom stereocenters. The van der Waals surface area contributed by atoms with E-state index in [-0.39, 0.29) is 23.5 Å². The molecule has 1 amide bonds. The maximum atomic E-state index is 12.0. The van der Waals surface area contributed by atoms with Gasteiger partial charge in [0, 0.05) is 49.3 Å². The molecule has 1 saturated carbocycles. The van der Waals surface area contributed by atoms with Crippen molar-refractivity contribution in [1.82, 2.24) is 20.9 Å². The number of hydrogen-bond acceptors (Lipinski definition) is 4. The van der Waals surface area contributed by atoms with E-state index in [9.17, 15) is 4.79 Å². The van der Waals surface area contributed by atoms with E-state index in [0.29, 0.717) is 5.96 Å². The molecule has 144 valence electrons. The molecule has 3 N–H and O–H groups in total. The number of aliphatic imine (C=N–C) groups is 1. The summed E-state index contributed by atoms with van der Waals surface area (Å²) in [7, 11) is 1.76. The van der Waals surface area contributed by atoms with Crippen LogP contribution in [0.4, 0.5) is 0 Å². The third-order valence-corrected chi connectivity index (χ3v) is 5.90. The third kappa shape index (κ3) is 6.37. The van der Waals surface area contributed by atoms with Crippen LogP contribution in [0.5, 0.6) is 0 Å². The fourth-order valence-corrected chi connectivity index (χ4v) is 4.67. The van der Waals surface area contributed by atoms with Crippen LogP contribution in [0, 0.1) is 0 Å². The Labute approximate surface area is 157 Å². The topological polar surface area (TPSA) is 68.8 Å². The van der Waals surface area contributed by atoms with Crippen molar-refractivity contribution in [3.8, 4) is 0 Å². The zero-order valence-electron chi connectivity index (χ0n) is 16.3. The van der Waals surface area contributed by atoms with E-state index in [2.05, 4.69) is 37.6 Å². The van der Waals surface area contributed by atoms with Gasteiger partial charge in [-0.15, -0.1) is 0 Å². The molecule has 0 radical (unpaired) electrons. The monoisotopic (exact) mass is 369 g/mol. The SMILES string of the molecule is CN=C(NCC(=O)NC(C)(C)C)NCC1(N2CCSCC2)CCCC1. The molecule has 1 aliphatic heterocycles. The van der Waals surface area contributed by atoms with Crippen LogP contribution in [0.15, 0.2) is 4.99 Å². The Kier molecular flexibility index (Phi) is 7.43. The first-order valence-corrected chi connectivity index (χ1v) is 10.6. The van der Waals surface area contributed by atoms with Crippen LogP contribution in [0.1, 0.15) is 46.5 Å². The number of thioether (sulfide) groups is 1. The maximum absolute atomic E-state index is 12.0. The van der Waals surface area contributed by atoms with Gasteiger partial charge in [0.15, 0.2) is 5.96 Å². The van der Waals surface area contributed by atoms with Gasteiger partial charge in [-0.25, -0.2) is 0 Å². The number of nitrogens with one attached hydrogen (secondary N) is 3. The smallest absolute Gasteiger partial charge is 0.239 e. The zero-order chi connectivity index (χ0) is 18.3. The summed E-state index contributed by atoms with van der Waals surface area (Å²) in [6, 6.07) is 0. The van der Waals surface area contributed by atoms with E-state index in [1.165, 1.54) is 50.3 Å². The Morgan fingerprint density at radius 1 is 1.16 bits per heavy atom. The lowest BCUT2D eigenvalue weighted by Crippen LogP contribution is -2.58. The molecule has 6 nitrogen and oxygen atoms in total. The van der Waals surface area contributed by atoms with Gasteiger partial charge < -0.3 is 16.0 Å². The van der Waals surface area contributed by atoms with E-state index in [4.69, 9.17) is 0 Å². The molecule has 1 aliphatic carbocycles. The highest BCUT2D eigenvalue weighted by atomic mass is 32.2. The zero-order valence-corrected chi connectivity index (χ0v) is 17.1. The lowest BCUT2D eigenvalue weighted by atomic mass is 9.94. The standard InChI is InChI=1S/C18H35N5OS/c1-17(2,3)22-15(24)13-20-16(19-4)21-14-18(7-5-6-8-18)23-9-11-25-12-10-23/h5-14H2,1-4H3,(H,22,24)(H2,19,20,21). The number of carbonyl (C=O) groups excluding carboxylic acids is 1. The second-order valence-corrected chi connectivity index (χ2v) is 9.33. The Morgan fingerprint density at radius 2 is 1.80 bits per heavy atom. The summed E-state index contributed by atoms with van der Waals surface area (Å²) in [5.74, 6) is 3.17. The van der Waals surface area contributed by atoms with Crippen LogP contribution < -0.4 is 16.0 Å². The molecule has 2 aliphatic rings. The fraction of sp³-hybridized carbons (Fsp3) is 0.889. The predicted molar refractivity (Wildman–Crippen MR) is 107 cm³/mol. The number of carbonyl (C=O) groups is 1. The first kappa shape index (κ1) is 20.4. The Morgan fingerprint density at radius 3 is 2.36 bits per heavy atom. The molecule has 0 unspecified atom stereocenters. The highest BCUT2D eigenvalue weighted by molar-refractivity contribution is 7.99. The minimum Gasteiger partial charge on any atom is -0.355 e. The van der Waals surface area contributed by atoms with Gasteiger partial charge in [-0.1, -0.05) is 12.8 Å². The summed E-state index contributed by atoms with van der Waals surface area (Å²) >= 11 is 2.06. The molecule has 2 fully saturated rings. The van der Waals surface area contributed by atoms with E-state index in [1.807, 2.05) is 20.8 Å². The molecule has 0 aromatic rings. The largest absolute Gasteiger partial charge is 0.355 e. The van der Waals surface area contributed by atoms with Crippen LogP contribution in [-0.2, 0) is 4.79 Å². The summed E-state index contributed by atoms with van der Waals surface area (Å²) in [5.41, 5.74) is 0.0438. The normalized spacial score (nSPS) is 21.8. The van der Waals surface area contributed by atoms with Gasteiger partial charge >= 0.3 is 0 Å². The maximum Gasteiger partial charge on any atom is 0.239 e. The van der Waals surface area contributed by atoms with E-state index >= 15 is 0 Å². The molecular weight excluding hydrogens is 334 g/mol. The third-order valence-electron chi connectivity index (χ3n) is 4.96. The van der Waals surface area contributed by atoms with Crippen molar-refractivity contribution in [1.29, 1.82) is 0 Å². The van der Waals surface area contributed by atoms with Crippen molar-refractivity contribution in [3.05, 3.63) is 0 Å². The Bertz CT molecular complexity index is 463. The second-order valence-electron chi connectivity index (χ2n) is 8.11. The lowest BCUT2D eigenvalue weighted by Gasteiger charge is -2.43. The van der Waals surface area contributed by atoms with Gasteiger partial charge in [0.1, 0.15) is 0 Å². The van der Waals surface area contributed by atoms with Crippen molar-refractivity contribution in [2.45, 2.75) is 57.5 Å². The predicted octanol–water partition coefficient (Wildman–Crippen LogP) is 1.43. The van der Waals surface area contributed by atoms with E-state index in [1.54, 1.807) is 7.05 Å². The van der Waals surface area contributed by atoms with Crippen molar-refractivity contribution in [2.75, 3.05) is 44.7 Å². The number of guanidine groups is 1. The molecule has 0 bridgehead atoms. The van der Waals surface area contributed by atoms with Gasteiger partial charge in [-0.3, -0.25) is 14.7 Å². The van der Waals surface area contributed by atoms with Crippen LogP contribution in [-0.4, -0.2) is 72.6 Å². The first-order chi connectivity index (χ1) is 11.8. The Hall–Kier alpha value is -0.950. The van der Waals surface area contributed by atoms with Crippen molar-refractivity contribution < 1.29 is 4.79 Å². The molecule has 0 spiro atoms. The van der Waals surface area contributed by atoms with Crippen molar-refractivity contribution >= 4 is 23.6 Å². The van der Waals surface area contributed by atoms with Crippen LogP contribution >= 0.6 is 11.8 Å². The fourth-order valence-electron chi connectivity index (χ4n) is 3.77. The van der Waals surface area contributed by atoms with Crippen LogP contribution in [0.2, 0.25) is 0 Å². The highest BCUT2D eigenvalue weighted by Crippen LogP contribution is 2.36. The van der Waals surface area contributed by atoms with Crippen LogP contribution in [0.3, 0.4) is 0 Å². The average molecular weight is 370 g/mol. The summed E-state index contributed by atoms with van der Waals surface area (Å²) < 4.78 is 0. The minimum absolute atomic E-state index is 0.0147. The minimum atomic E-state index is -0.212. The second kappa shape index (κ2) is 9.12. The van der Waals surface area contributed by atoms with Crippen molar-refractivity contribution in [3.63, 3.8) is 0 Å². The van der Waals surface area contributed by atoms with Gasteiger partial charge in [0.05, 0.1) is 6.54 Å². The molecular formula is C18H35N5OS. The van der Waals surface area contributed by atoms with Gasteiger partial charge in [0.25, 0.3) is 0 Å². The molecule has 0 aromatic heterocycles. The quantitative estimate of drug-likeness (QED) is 0.505. The average Bonchev–Trinajstić information content (AvgIpc) is 3.04. The molecule has 7 heteroatoms. The molecule has 25 heavy (non-hydrogen) atoms. The number of hydrogen-bond donors (Lipinski definition) is 3. The number of amides is 1. The Balaban J connectivity index is 1.84.